The second-order valence-electron chi connectivity index (χ2n) is 5.33. The fraction of sp³-hybridized carbons (Fsp3) is 0.353. The van der Waals surface area contributed by atoms with Crippen molar-refractivity contribution in [1.29, 1.82) is 0 Å². The van der Waals surface area contributed by atoms with Crippen molar-refractivity contribution in [1.82, 2.24) is 9.97 Å². The van der Waals surface area contributed by atoms with Crippen LogP contribution >= 0.6 is 0 Å². The third kappa shape index (κ3) is 5.51. The number of carbonyl (C=O) groups excluding carboxylic acids is 1. The second kappa shape index (κ2) is 8.83. The van der Waals surface area contributed by atoms with Gasteiger partial charge >= 0.3 is 0 Å². The van der Waals surface area contributed by atoms with Gasteiger partial charge in [0.05, 0.1) is 12.7 Å². The Balaban J connectivity index is 1.97. The maximum absolute atomic E-state index is 12.3. The summed E-state index contributed by atoms with van der Waals surface area (Å²) in [5.41, 5.74) is 0.955. The first-order valence-corrected chi connectivity index (χ1v) is 7.72. The van der Waals surface area contributed by atoms with E-state index in [1.807, 2.05) is 26.0 Å². The normalized spacial score (nSPS) is 10.5. The predicted molar refractivity (Wildman–Crippen MR) is 92.6 cm³/mol. The molecular formula is C17H22N4O3. The first-order chi connectivity index (χ1) is 11.6. The Bertz CT molecular complexity index is 659. The maximum atomic E-state index is 12.3. The molecule has 2 aromatic rings. The zero-order chi connectivity index (χ0) is 17.4. The van der Waals surface area contributed by atoms with Crippen LogP contribution in [0.2, 0.25) is 0 Å². The highest BCUT2D eigenvalue weighted by Gasteiger charge is 2.09. The minimum absolute atomic E-state index is 0.107. The summed E-state index contributed by atoms with van der Waals surface area (Å²) in [6.07, 6.45) is 1.65. The first kappa shape index (κ1) is 17.7. The van der Waals surface area contributed by atoms with Crippen LogP contribution in [0.25, 0.3) is 0 Å². The second-order valence-corrected chi connectivity index (χ2v) is 5.33. The van der Waals surface area contributed by atoms with Crippen LogP contribution < -0.4 is 15.4 Å². The lowest BCUT2D eigenvalue weighted by Crippen LogP contribution is -2.16. The Morgan fingerprint density at radius 3 is 2.62 bits per heavy atom. The van der Waals surface area contributed by atoms with Crippen molar-refractivity contribution in [3.8, 4) is 5.75 Å². The molecule has 1 amide bonds. The van der Waals surface area contributed by atoms with E-state index in [0.29, 0.717) is 24.8 Å². The molecule has 0 atom stereocenters. The quantitative estimate of drug-likeness (QED) is 0.724. The van der Waals surface area contributed by atoms with Gasteiger partial charge in [0.25, 0.3) is 5.91 Å². The van der Waals surface area contributed by atoms with Crippen molar-refractivity contribution >= 4 is 17.5 Å². The van der Waals surface area contributed by atoms with Crippen LogP contribution in [-0.4, -0.2) is 42.2 Å². The van der Waals surface area contributed by atoms with E-state index in [-0.39, 0.29) is 17.7 Å². The molecule has 0 bridgehead atoms. The lowest BCUT2D eigenvalue weighted by atomic mass is 10.3. The fourth-order valence-corrected chi connectivity index (χ4v) is 1.92. The zero-order valence-electron chi connectivity index (χ0n) is 14.1. The van der Waals surface area contributed by atoms with E-state index in [1.165, 1.54) is 6.20 Å². The van der Waals surface area contributed by atoms with Crippen LogP contribution in [0.3, 0.4) is 0 Å². The van der Waals surface area contributed by atoms with Gasteiger partial charge in [-0.15, -0.1) is 0 Å². The van der Waals surface area contributed by atoms with Crippen molar-refractivity contribution in [2.75, 3.05) is 30.9 Å². The van der Waals surface area contributed by atoms with Gasteiger partial charge in [-0.2, -0.15) is 0 Å². The molecule has 0 aliphatic carbocycles. The van der Waals surface area contributed by atoms with Crippen LogP contribution in [0.15, 0.2) is 36.5 Å². The summed E-state index contributed by atoms with van der Waals surface area (Å²) < 4.78 is 10.5. The molecule has 0 unspecified atom stereocenters. The third-order valence-electron chi connectivity index (χ3n) is 2.96. The van der Waals surface area contributed by atoms with E-state index in [2.05, 4.69) is 20.6 Å². The van der Waals surface area contributed by atoms with Gasteiger partial charge in [0.1, 0.15) is 11.4 Å². The molecule has 0 aliphatic heterocycles. The molecule has 0 radical (unpaired) electrons. The minimum atomic E-state index is -0.301. The molecule has 24 heavy (non-hydrogen) atoms. The molecule has 0 saturated heterocycles. The van der Waals surface area contributed by atoms with Crippen LogP contribution in [-0.2, 0) is 4.74 Å². The maximum Gasteiger partial charge on any atom is 0.274 e. The summed E-state index contributed by atoms with van der Waals surface area (Å²) in [5, 5.41) is 5.78. The van der Waals surface area contributed by atoms with Gasteiger partial charge in [0.15, 0.2) is 0 Å². The summed E-state index contributed by atoms with van der Waals surface area (Å²) in [4.78, 5) is 20.5. The molecule has 7 nitrogen and oxygen atoms in total. The molecule has 0 spiro atoms. The Labute approximate surface area is 141 Å². The van der Waals surface area contributed by atoms with Crippen LogP contribution in [0, 0.1) is 0 Å². The lowest BCUT2D eigenvalue weighted by molar-refractivity contribution is 0.102. The van der Waals surface area contributed by atoms with Gasteiger partial charge in [-0.1, -0.05) is 0 Å². The van der Waals surface area contributed by atoms with Gasteiger partial charge in [0, 0.05) is 25.5 Å². The van der Waals surface area contributed by atoms with Crippen molar-refractivity contribution < 1.29 is 14.3 Å². The number of aromatic nitrogens is 2. The van der Waals surface area contributed by atoms with E-state index in [0.717, 1.165) is 5.75 Å². The number of benzene rings is 1. The molecule has 0 saturated carbocycles. The van der Waals surface area contributed by atoms with Crippen LogP contribution in [0.1, 0.15) is 24.3 Å². The number of nitrogens with one attached hydrogen (secondary N) is 2. The number of amides is 1. The van der Waals surface area contributed by atoms with E-state index in [4.69, 9.17) is 9.47 Å². The zero-order valence-corrected chi connectivity index (χ0v) is 14.1. The number of rotatable bonds is 8. The smallest absolute Gasteiger partial charge is 0.274 e. The first-order valence-electron chi connectivity index (χ1n) is 7.72. The average Bonchev–Trinajstić information content (AvgIpc) is 2.57. The monoisotopic (exact) mass is 330 g/mol. The number of ether oxygens (including phenoxy) is 2. The predicted octanol–water partition coefficient (Wildman–Crippen LogP) is 2.57. The molecule has 2 rings (SSSR count). The summed E-state index contributed by atoms with van der Waals surface area (Å²) in [6, 6.07) is 8.76. The Morgan fingerprint density at radius 1 is 1.21 bits per heavy atom. The summed E-state index contributed by atoms with van der Waals surface area (Å²) in [7, 11) is 1.61. The van der Waals surface area contributed by atoms with Crippen molar-refractivity contribution in [3.63, 3.8) is 0 Å². The molecule has 7 heteroatoms. The average molecular weight is 330 g/mol. The number of nitrogens with zero attached hydrogens (tertiary/aromatic N) is 2. The minimum Gasteiger partial charge on any atom is -0.491 e. The van der Waals surface area contributed by atoms with Crippen molar-refractivity contribution in [3.05, 3.63) is 42.2 Å². The fourth-order valence-electron chi connectivity index (χ4n) is 1.92. The van der Waals surface area contributed by atoms with Gasteiger partial charge in [-0.3, -0.25) is 4.79 Å². The Hall–Kier alpha value is -2.67. The van der Waals surface area contributed by atoms with Gasteiger partial charge in [-0.25, -0.2) is 9.97 Å². The van der Waals surface area contributed by atoms with E-state index in [9.17, 15) is 4.79 Å². The highest BCUT2D eigenvalue weighted by atomic mass is 16.5. The van der Waals surface area contributed by atoms with E-state index in [1.54, 1.807) is 25.3 Å². The Morgan fingerprint density at radius 2 is 1.96 bits per heavy atom. The summed E-state index contributed by atoms with van der Waals surface area (Å²) in [5.74, 6) is 0.847. The van der Waals surface area contributed by atoms with Gasteiger partial charge < -0.3 is 20.1 Å². The SMILES string of the molecule is COCCNc1nccc(C(=O)Nc2ccc(OC(C)C)cc2)n1. The molecule has 2 N–H and O–H groups in total. The van der Waals surface area contributed by atoms with E-state index >= 15 is 0 Å². The standard InChI is InChI=1S/C17H22N4O3/c1-12(2)24-14-6-4-13(5-7-14)20-16(22)15-8-9-18-17(21-15)19-10-11-23-3/h4-9,12H,10-11H2,1-3H3,(H,20,22)(H,18,19,21). The molecular weight excluding hydrogens is 308 g/mol. The van der Waals surface area contributed by atoms with Gasteiger partial charge in [0.2, 0.25) is 5.95 Å². The van der Waals surface area contributed by atoms with Crippen LogP contribution in [0.5, 0.6) is 5.75 Å². The van der Waals surface area contributed by atoms with Crippen LogP contribution in [0.4, 0.5) is 11.6 Å². The molecule has 1 heterocycles. The highest BCUT2D eigenvalue weighted by Crippen LogP contribution is 2.17. The van der Waals surface area contributed by atoms with Crippen molar-refractivity contribution in [2.45, 2.75) is 20.0 Å². The third-order valence-corrected chi connectivity index (χ3v) is 2.96. The number of hydrogen-bond acceptors (Lipinski definition) is 6. The lowest BCUT2D eigenvalue weighted by Gasteiger charge is -2.10. The highest BCUT2D eigenvalue weighted by molar-refractivity contribution is 6.02. The number of hydrogen-bond donors (Lipinski definition) is 2. The summed E-state index contributed by atoms with van der Waals surface area (Å²) >= 11 is 0. The number of anilines is 2. The largest absolute Gasteiger partial charge is 0.491 e. The molecule has 0 fully saturated rings. The van der Waals surface area contributed by atoms with Gasteiger partial charge in [-0.05, 0) is 44.2 Å². The molecule has 1 aromatic carbocycles. The van der Waals surface area contributed by atoms with Crippen molar-refractivity contribution in [2.24, 2.45) is 0 Å². The van der Waals surface area contributed by atoms with E-state index < -0.39 is 0 Å². The number of methoxy groups -OCH3 is 1. The molecule has 128 valence electrons. The summed E-state index contributed by atoms with van der Waals surface area (Å²) in [6.45, 7) is 5.02. The molecule has 1 aromatic heterocycles. The molecule has 0 aliphatic rings. The topological polar surface area (TPSA) is 85.4 Å². The Kier molecular flexibility index (Phi) is 6.51. The number of carbonyl (C=O) groups is 1.